The molecule has 0 heterocycles. The summed E-state index contributed by atoms with van der Waals surface area (Å²) in [5, 5.41) is 7.61. The van der Waals surface area contributed by atoms with Crippen LogP contribution in [0.25, 0.3) is 76.8 Å². The molecule has 12 rings (SSSR count). The Morgan fingerprint density at radius 1 is 0.390 bits per heavy atom. The summed E-state index contributed by atoms with van der Waals surface area (Å²) in [4.78, 5) is 2.53. The van der Waals surface area contributed by atoms with Gasteiger partial charge in [0.2, 0.25) is 0 Å². The lowest BCUT2D eigenvalue weighted by molar-refractivity contribution is 0.660. The largest absolute Gasteiger partial charge is 0.309 e. The monoisotopic (exact) mass is 751 g/mol. The Morgan fingerprint density at radius 2 is 1.03 bits per heavy atom. The van der Waals surface area contributed by atoms with Crippen LogP contribution in [0.4, 0.5) is 17.1 Å². The smallest absolute Gasteiger partial charge is 0.0546 e. The Labute approximate surface area is 345 Å². The molecule has 0 atom stereocenters. The van der Waals surface area contributed by atoms with E-state index in [-0.39, 0.29) is 5.41 Å². The number of nitrogens with zero attached hydrogens (tertiary/aromatic N) is 1. The molecule has 10 aromatic carbocycles. The molecule has 0 radical (unpaired) electrons. The predicted molar refractivity (Wildman–Crippen MR) is 250 cm³/mol. The molecule has 0 bridgehead atoms. The van der Waals surface area contributed by atoms with Gasteiger partial charge in [0.25, 0.3) is 0 Å². The van der Waals surface area contributed by atoms with E-state index in [1.54, 1.807) is 0 Å². The van der Waals surface area contributed by atoms with Crippen LogP contribution < -0.4 is 4.90 Å². The summed E-state index contributed by atoms with van der Waals surface area (Å²) >= 11 is 0. The van der Waals surface area contributed by atoms with E-state index in [1.807, 2.05) is 0 Å². The van der Waals surface area contributed by atoms with Gasteiger partial charge in [-0.25, -0.2) is 0 Å². The molecule has 278 valence electrons. The van der Waals surface area contributed by atoms with E-state index in [0.29, 0.717) is 0 Å². The Hall–Kier alpha value is -7.22. The lowest BCUT2D eigenvalue weighted by Gasteiger charge is -2.32. The average molecular weight is 752 g/mol. The van der Waals surface area contributed by atoms with Crippen LogP contribution in [-0.2, 0) is 11.8 Å². The summed E-state index contributed by atoms with van der Waals surface area (Å²) < 4.78 is 0. The van der Waals surface area contributed by atoms with Crippen LogP contribution >= 0.6 is 0 Å². The highest BCUT2D eigenvalue weighted by atomic mass is 15.1. The summed E-state index contributed by atoms with van der Waals surface area (Å²) in [6.45, 7) is 4.74. The maximum absolute atomic E-state index is 2.53. The van der Waals surface area contributed by atoms with Crippen molar-refractivity contribution < 1.29 is 0 Å². The van der Waals surface area contributed by atoms with Gasteiger partial charge in [-0.3, -0.25) is 0 Å². The van der Waals surface area contributed by atoms with E-state index in [1.165, 1.54) is 110 Å². The first-order valence-electron chi connectivity index (χ1n) is 20.8. The van der Waals surface area contributed by atoms with Crippen molar-refractivity contribution in [1.29, 1.82) is 0 Å². The first-order valence-corrected chi connectivity index (χ1v) is 20.8. The molecule has 10 aromatic rings. The highest BCUT2D eigenvalue weighted by Gasteiger charge is 2.35. The highest BCUT2D eigenvalue weighted by Crippen LogP contribution is 2.53. The number of rotatable bonds is 5. The maximum Gasteiger partial charge on any atom is 0.0546 e. The lowest BCUT2D eigenvalue weighted by atomic mass is 9.80. The van der Waals surface area contributed by atoms with Crippen molar-refractivity contribution in [3.8, 4) is 44.5 Å². The number of hydrogen-bond acceptors (Lipinski definition) is 1. The molecule has 0 unspecified atom stereocenters. The molecule has 2 aliphatic carbocycles. The van der Waals surface area contributed by atoms with E-state index in [4.69, 9.17) is 0 Å². The van der Waals surface area contributed by atoms with Gasteiger partial charge in [0.15, 0.2) is 0 Å². The molecule has 59 heavy (non-hydrogen) atoms. The zero-order valence-electron chi connectivity index (χ0n) is 33.2. The van der Waals surface area contributed by atoms with Crippen molar-refractivity contribution in [3.63, 3.8) is 0 Å². The molecule has 1 heteroatoms. The fourth-order valence-corrected chi connectivity index (χ4v) is 10.4. The van der Waals surface area contributed by atoms with Gasteiger partial charge in [-0.05, 0) is 125 Å². The molecule has 0 spiro atoms. The molecule has 0 fully saturated rings. The van der Waals surface area contributed by atoms with E-state index < -0.39 is 0 Å². The lowest BCUT2D eigenvalue weighted by Crippen LogP contribution is -2.15. The van der Waals surface area contributed by atoms with Gasteiger partial charge in [0, 0.05) is 22.1 Å². The topological polar surface area (TPSA) is 3.24 Å². The fraction of sp³-hybridized carbons (Fsp3) is 0.0690. The second-order valence-electron chi connectivity index (χ2n) is 16.9. The van der Waals surface area contributed by atoms with Crippen LogP contribution in [0.1, 0.15) is 36.1 Å². The van der Waals surface area contributed by atoms with E-state index >= 15 is 0 Å². The quantitative estimate of drug-likeness (QED) is 0.158. The van der Waals surface area contributed by atoms with Gasteiger partial charge < -0.3 is 4.90 Å². The molecular weight excluding hydrogens is 711 g/mol. The fourth-order valence-electron chi connectivity index (χ4n) is 10.4. The number of hydrogen-bond donors (Lipinski definition) is 0. The molecule has 2 aliphatic rings. The van der Waals surface area contributed by atoms with E-state index in [9.17, 15) is 0 Å². The summed E-state index contributed by atoms with van der Waals surface area (Å²) in [6, 6.07) is 74.7. The highest BCUT2D eigenvalue weighted by molar-refractivity contribution is 6.16. The van der Waals surface area contributed by atoms with E-state index in [2.05, 4.69) is 219 Å². The van der Waals surface area contributed by atoms with Gasteiger partial charge >= 0.3 is 0 Å². The SMILES string of the molecule is CC1(C)c2ccccc2-c2ccc(-c3ccc4c(c3)Cc3cccc5ccc(N(c6ccc(-c7ccccc7)cc6)c6cc7ccccc7c7ccccc67)c-4c35)cc21. The first kappa shape index (κ1) is 33.9. The Bertz CT molecular complexity index is 3320. The molecule has 1 nitrogen and oxygen atoms in total. The van der Waals surface area contributed by atoms with Crippen LogP contribution in [0.2, 0.25) is 0 Å². The van der Waals surface area contributed by atoms with Crippen LogP contribution in [0.5, 0.6) is 0 Å². The third-order valence-electron chi connectivity index (χ3n) is 13.2. The predicted octanol–water partition coefficient (Wildman–Crippen LogP) is 15.8. The van der Waals surface area contributed by atoms with Crippen LogP contribution in [0.15, 0.2) is 200 Å². The Kier molecular flexibility index (Phi) is 7.40. The molecule has 0 saturated carbocycles. The molecule has 0 aliphatic heterocycles. The van der Waals surface area contributed by atoms with Gasteiger partial charge in [-0.15, -0.1) is 0 Å². The molecule has 0 saturated heterocycles. The second kappa shape index (κ2) is 12.9. The third kappa shape index (κ3) is 5.18. The van der Waals surface area contributed by atoms with Crippen molar-refractivity contribution in [1.82, 2.24) is 0 Å². The van der Waals surface area contributed by atoms with E-state index in [0.717, 1.165) is 12.1 Å². The third-order valence-corrected chi connectivity index (χ3v) is 13.2. The zero-order chi connectivity index (χ0) is 39.2. The Balaban J connectivity index is 1.08. The van der Waals surface area contributed by atoms with Crippen molar-refractivity contribution >= 4 is 49.4 Å². The average Bonchev–Trinajstić information content (AvgIpc) is 3.52. The summed E-state index contributed by atoms with van der Waals surface area (Å²) in [6.07, 6.45) is 0.892. The standard InChI is InChI=1S/C58H41N/c1-58(2)52-22-11-10-20-49(52)50-31-26-41(35-53(50)58)40-25-30-47-44(33-40)34-43-17-12-16-39-27-32-54(57(47)56(39)43)59(45-28-23-38(24-29-45)37-13-4-3-5-14-37)55-36-42-15-6-7-18-46(42)48-19-8-9-21-51(48)55/h3-33,35-36H,34H2,1-2H3. The summed E-state index contributed by atoms with van der Waals surface area (Å²) in [7, 11) is 0. The normalized spacial score (nSPS) is 13.3. The second-order valence-corrected chi connectivity index (χ2v) is 16.9. The van der Waals surface area contributed by atoms with Crippen LogP contribution in [0.3, 0.4) is 0 Å². The summed E-state index contributed by atoms with van der Waals surface area (Å²) in [5.41, 5.74) is 19.3. The summed E-state index contributed by atoms with van der Waals surface area (Å²) in [5.74, 6) is 0. The van der Waals surface area contributed by atoms with Crippen molar-refractivity contribution in [3.05, 3.63) is 222 Å². The molecule has 0 N–H and O–H groups in total. The first-order chi connectivity index (χ1) is 29.0. The minimum Gasteiger partial charge on any atom is -0.309 e. The van der Waals surface area contributed by atoms with Crippen LogP contribution in [0, 0.1) is 0 Å². The van der Waals surface area contributed by atoms with Crippen molar-refractivity contribution in [2.75, 3.05) is 4.90 Å². The number of benzene rings is 10. The minimum absolute atomic E-state index is 0.0463. The Morgan fingerprint density at radius 3 is 1.88 bits per heavy atom. The number of anilines is 3. The number of fused-ring (bicyclic) bond motifs is 8. The molecule has 0 aromatic heterocycles. The van der Waals surface area contributed by atoms with Gasteiger partial charge in [0.05, 0.1) is 11.4 Å². The maximum atomic E-state index is 2.53. The van der Waals surface area contributed by atoms with Crippen molar-refractivity contribution in [2.45, 2.75) is 25.7 Å². The van der Waals surface area contributed by atoms with Crippen LogP contribution in [-0.4, -0.2) is 0 Å². The van der Waals surface area contributed by atoms with Crippen molar-refractivity contribution in [2.24, 2.45) is 0 Å². The molecule has 0 amide bonds. The van der Waals surface area contributed by atoms with Gasteiger partial charge in [-0.1, -0.05) is 184 Å². The zero-order valence-corrected chi connectivity index (χ0v) is 33.2. The minimum atomic E-state index is -0.0463. The van der Waals surface area contributed by atoms with Gasteiger partial charge in [0.1, 0.15) is 0 Å². The van der Waals surface area contributed by atoms with Gasteiger partial charge in [-0.2, -0.15) is 0 Å². The molecular formula is C58H41N.